The van der Waals surface area contributed by atoms with E-state index in [0.717, 1.165) is 29.1 Å². The minimum absolute atomic E-state index is 0.0808. The fraction of sp³-hybridized carbons (Fsp3) is 0.471. The van der Waals surface area contributed by atoms with Crippen LogP contribution in [-0.4, -0.2) is 18.2 Å². The summed E-state index contributed by atoms with van der Waals surface area (Å²) in [6.07, 6.45) is 8.32. The molecule has 1 amide bonds. The lowest BCUT2D eigenvalue weighted by Crippen LogP contribution is -2.26. The zero-order chi connectivity index (χ0) is 15.1. The van der Waals surface area contributed by atoms with Gasteiger partial charge >= 0.3 is 0 Å². The molecular formula is C17H24N2OS. The van der Waals surface area contributed by atoms with E-state index in [9.17, 15) is 4.79 Å². The molecule has 0 bridgehead atoms. The molecule has 0 aliphatic heterocycles. The van der Waals surface area contributed by atoms with Crippen LogP contribution in [0.4, 0.5) is 5.69 Å². The number of aryl methyl sites for hydroxylation is 1. The lowest BCUT2D eigenvalue weighted by atomic mass is 9.97. The van der Waals surface area contributed by atoms with Gasteiger partial charge in [0.05, 0.1) is 5.75 Å². The second-order valence-electron chi connectivity index (χ2n) is 5.48. The van der Waals surface area contributed by atoms with Crippen LogP contribution >= 0.6 is 11.8 Å². The summed E-state index contributed by atoms with van der Waals surface area (Å²) in [6.45, 7) is 2.73. The lowest BCUT2D eigenvalue weighted by Gasteiger charge is -2.13. The molecule has 0 aromatic heterocycles. The first kappa shape index (κ1) is 16.0. The van der Waals surface area contributed by atoms with E-state index in [4.69, 9.17) is 5.73 Å². The molecule has 0 spiro atoms. The number of hydrogen-bond acceptors (Lipinski definition) is 3. The number of nitrogen functional groups attached to an aromatic ring is 1. The fourth-order valence-electron chi connectivity index (χ4n) is 2.47. The second kappa shape index (κ2) is 8.13. The highest BCUT2D eigenvalue weighted by Gasteiger charge is 2.07. The number of anilines is 1. The molecule has 2 rings (SSSR count). The Hall–Kier alpha value is -1.42. The predicted octanol–water partition coefficient (Wildman–Crippen LogP) is 3.68. The Balaban J connectivity index is 1.70. The van der Waals surface area contributed by atoms with E-state index in [2.05, 4.69) is 11.4 Å². The molecule has 21 heavy (non-hydrogen) atoms. The third-order valence-electron chi connectivity index (χ3n) is 3.80. The highest BCUT2D eigenvalue weighted by Crippen LogP contribution is 2.27. The van der Waals surface area contributed by atoms with Gasteiger partial charge in [0, 0.05) is 17.1 Å². The van der Waals surface area contributed by atoms with Gasteiger partial charge in [-0.05, 0) is 50.7 Å². The van der Waals surface area contributed by atoms with Crippen molar-refractivity contribution < 1.29 is 4.79 Å². The molecular weight excluding hydrogens is 280 g/mol. The number of nitrogens with one attached hydrogen (secondary N) is 1. The number of rotatable bonds is 6. The van der Waals surface area contributed by atoms with E-state index in [1.807, 2.05) is 25.1 Å². The average molecular weight is 304 g/mol. The first-order valence-electron chi connectivity index (χ1n) is 7.59. The van der Waals surface area contributed by atoms with E-state index in [1.54, 1.807) is 0 Å². The minimum atomic E-state index is 0.0808. The Morgan fingerprint density at radius 3 is 3.00 bits per heavy atom. The summed E-state index contributed by atoms with van der Waals surface area (Å²) >= 11 is 1.50. The molecule has 3 N–H and O–H groups in total. The zero-order valence-corrected chi connectivity index (χ0v) is 13.5. The fourth-order valence-corrected chi connectivity index (χ4v) is 3.35. The lowest BCUT2D eigenvalue weighted by molar-refractivity contribution is -0.118. The summed E-state index contributed by atoms with van der Waals surface area (Å²) < 4.78 is 0. The molecule has 1 aliphatic rings. The van der Waals surface area contributed by atoms with E-state index >= 15 is 0 Å². The number of hydrogen-bond donors (Lipinski definition) is 2. The predicted molar refractivity (Wildman–Crippen MR) is 90.5 cm³/mol. The standard InChI is InChI=1S/C17H24N2OS/c1-13-6-5-9-15(17(13)18)21-12-16(20)19-11-10-14-7-3-2-4-8-14/h5-7,9H,2-4,8,10-12,18H2,1H3,(H,19,20). The van der Waals surface area contributed by atoms with Crippen molar-refractivity contribution in [2.75, 3.05) is 18.0 Å². The Kier molecular flexibility index (Phi) is 6.18. The summed E-state index contributed by atoms with van der Waals surface area (Å²) in [5.41, 5.74) is 9.34. The highest BCUT2D eigenvalue weighted by molar-refractivity contribution is 8.00. The second-order valence-corrected chi connectivity index (χ2v) is 6.50. The van der Waals surface area contributed by atoms with Gasteiger partial charge in [-0.25, -0.2) is 0 Å². The van der Waals surface area contributed by atoms with Crippen molar-refractivity contribution in [3.05, 3.63) is 35.4 Å². The molecule has 0 heterocycles. The topological polar surface area (TPSA) is 55.1 Å². The first-order chi connectivity index (χ1) is 10.2. The SMILES string of the molecule is Cc1cccc(SCC(=O)NCCC2=CCCCC2)c1N. The molecule has 0 fully saturated rings. The normalized spacial score (nSPS) is 14.6. The summed E-state index contributed by atoms with van der Waals surface area (Å²) in [5, 5.41) is 2.99. The molecule has 0 unspecified atom stereocenters. The Labute approximate surface area is 131 Å². The van der Waals surface area contributed by atoms with Crippen molar-refractivity contribution in [2.24, 2.45) is 0 Å². The molecule has 0 saturated carbocycles. The molecule has 0 atom stereocenters. The maximum Gasteiger partial charge on any atom is 0.230 e. The van der Waals surface area contributed by atoms with Gasteiger partial charge in [0.25, 0.3) is 0 Å². The van der Waals surface area contributed by atoms with Crippen molar-refractivity contribution in [2.45, 2.75) is 43.9 Å². The summed E-state index contributed by atoms with van der Waals surface area (Å²) in [6, 6.07) is 5.92. The van der Waals surface area contributed by atoms with Gasteiger partial charge in [-0.1, -0.05) is 23.8 Å². The molecule has 114 valence electrons. The van der Waals surface area contributed by atoms with Crippen LogP contribution < -0.4 is 11.1 Å². The molecule has 1 aromatic carbocycles. The average Bonchev–Trinajstić information content (AvgIpc) is 2.50. The molecule has 4 heteroatoms. The van der Waals surface area contributed by atoms with Crippen LogP contribution in [0.25, 0.3) is 0 Å². The van der Waals surface area contributed by atoms with Gasteiger partial charge in [-0.2, -0.15) is 0 Å². The van der Waals surface area contributed by atoms with Crippen LogP contribution in [-0.2, 0) is 4.79 Å². The van der Waals surface area contributed by atoms with Crippen LogP contribution in [0.3, 0.4) is 0 Å². The van der Waals surface area contributed by atoms with Crippen molar-refractivity contribution in [3.63, 3.8) is 0 Å². The largest absolute Gasteiger partial charge is 0.398 e. The van der Waals surface area contributed by atoms with Crippen molar-refractivity contribution in [1.29, 1.82) is 0 Å². The van der Waals surface area contributed by atoms with Gasteiger partial charge in [-0.3, -0.25) is 4.79 Å². The van der Waals surface area contributed by atoms with E-state index < -0.39 is 0 Å². The number of allylic oxidation sites excluding steroid dienone is 1. The Bertz CT molecular complexity index is 526. The Morgan fingerprint density at radius 2 is 2.24 bits per heavy atom. The van der Waals surface area contributed by atoms with Crippen molar-refractivity contribution >= 4 is 23.4 Å². The molecule has 3 nitrogen and oxygen atoms in total. The van der Waals surface area contributed by atoms with Crippen molar-refractivity contribution in [3.8, 4) is 0 Å². The highest BCUT2D eigenvalue weighted by atomic mass is 32.2. The summed E-state index contributed by atoms with van der Waals surface area (Å²) in [7, 11) is 0. The summed E-state index contributed by atoms with van der Waals surface area (Å²) in [5.74, 6) is 0.504. The van der Waals surface area contributed by atoms with Gasteiger partial charge in [0.2, 0.25) is 5.91 Å². The minimum Gasteiger partial charge on any atom is -0.398 e. The Morgan fingerprint density at radius 1 is 1.38 bits per heavy atom. The maximum atomic E-state index is 11.9. The van der Waals surface area contributed by atoms with Gasteiger partial charge < -0.3 is 11.1 Å². The third-order valence-corrected chi connectivity index (χ3v) is 4.87. The van der Waals surface area contributed by atoms with Crippen LogP contribution in [0.2, 0.25) is 0 Å². The van der Waals surface area contributed by atoms with Crippen LogP contribution in [0, 0.1) is 6.92 Å². The van der Waals surface area contributed by atoms with Gasteiger partial charge in [0.15, 0.2) is 0 Å². The molecule has 0 radical (unpaired) electrons. The van der Waals surface area contributed by atoms with Crippen LogP contribution in [0.5, 0.6) is 0 Å². The third kappa shape index (κ3) is 5.12. The van der Waals surface area contributed by atoms with E-state index in [0.29, 0.717) is 5.75 Å². The van der Waals surface area contributed by atoms with Gasteiger partial charge in [0.1, 0.15) is 0 Å². The smallest absolute Gasteiger partial charge is 0.230 e. The number of amides is 1. The maximum absolute atomic E-state index is 11.9. The number of thioether (sulfide) groups is 1. The monoisotopic (exact) mass is 304 g/mol. The first-order valence-corrected chi connectivity index (χ1v) is 8.58. The molecule has 1 aliphatic carbocycles. The van der Waals surface area contributed by atoms with Gasteiger partial charge in [-0.15, -0.1) is 11.8 Å². The quantitative estimate of drug-likeness (QED) is 0.479. The molecule has 0 saturated heterocycles. The van der Waals surface area contributed by atoms with E-state index in [-0.39, 0.29) is 5.91 Å². The van der Waals surface area contributed by atoms with Crippen LogP contribution in [0.15, 0.2) is 34.7 Å². The number of carbonyl (C=O) groups is 1. The number of carbonyl (C=O) groups excluding carboxylic acids is 1. The van der Waals surface area contributed by atoms with E-state index in [1.165, 1.54) is 43.0 Å². The van der Waals surface area contributed by atoms with Crippen molar-refractivity contribution in [1.82, 2.24) is 5.32 Å². The number of para-hydroxylation sites is 1. The van der Waals surface area contributed by atoms with Crippen LogP contribution in [0.1, 0.15) is 37.7 Å². The molecule has 1 aromatic rings. The summed E-state index contributed by atoms with van der Waals surface area (Å²) in [4.78, 5) is 12.8. The number of benzene rings is 1. The zero-order valence-electron chi connectivity index (χ0n) is 12.7. The number of nitrogens with two attached hydrogens (primary N) is 1.